The highest BCUT2D eigenvalue weighted by atomic mass is 32.2. The lowest BCUT2D eigenvalue weighted by Gasteiger charge is -2.10. The van der Waals surface area contributed by atoms with Gasteiger partial charge in [-0.15, -0.1) is 0 Å². The van der Waals surface area contributed by atoms with E-state index in [9.17, 15) is 26.8 Å². The molecule has 82 valence electrons. The van der Waals surface area contributed by atoms with Gasteiger partial charge in [-0.2, -0.15) is 8.78 Å². The van der Waals surface area contributed by atoms with Crippen LogP contribution in [0, 0.1) is 0 Å². The number of hydrogen-bond acceptors (Lipinski definition) is 5. The molecule has 0 spiro atoms. The Bertz CT molecular complexity index is 345. The predicted octanol–water partition coefficient (Wildman–Crippen LogP) is -0.748. The molecule has 0 aromatic rings. The van der Waals surface area contributed by atoms with Gasteiger partial charge in [-0.25, -0.2) is 13.2 Å². The van der Waals surface area contributed by atoms with Crippen LogP contribution in [0.4, 0.5) is 8.78 Å². The van der Waals surface area contributed by atoms with Crippen LogP contribution < -0.4 is 0 Å². The maximum atomic E-state index is 12.4. The first-order valence-electron chi connectivity index (χ1n) is 3.05. The van der Waals surface area contributed by atoms with Crippen molar-refractivity contribution in [3.8, 4) is 0 Å². The summed E-state index contributed by atoms with van der Waals surface area (Å²) in [4.78, 5) is 20.2. The number of carbonyl (C=O) groups excluding carboxylic acids is 1. The topological polar surface area (TPSA) is 97.7 Å². The number of alkyl halides is 2. The minimum absolute atomic E-state index is 0.788. The number of aliphatic carboxylic acids is 1. The molecule has 1 N–H and O–H groups in total. The molecule has 14 heavy (non-hydrogen) atoms. The van der Waals surface area contributed by atoms with Crippen LogP contribution in [0.5, 0.6) is 0 Å². The van der Waals surface area contributed by atoms with E-state index in [1.165, 1.54) is 0 Å². The molecule has 0 radical (unpaired) electrons. The number of sulfone groups is 1. The average molecular weight is 232 g/mol. The Hall–Kier alpha value is -1.25. The summed E-state index contributed by atoms with van der Waals surface area (Å²) in [6, 6.07) is 0. The van der Waals surface area contributed by atoms with Gasteiger partial charge in [0, 0.05) is 0 Å². The quantitative estimate of drug-likeness (QED) is 0.640. The van der Waals surface area contributed by atoms with Crippen molar-refractivity contribution in [1.29, 1.82) is 0 Å². The molecule has 6 nitrogen and oxygen atoms in total. The molecule has 0 saturated heterocycles. The molecule has 0 heterocycles. The molecule has 0 rings (SSSR count). The maximum Gasteiger partial charge on any atom is 0.440 e. The first-order valence-corrected chi connectivity index (χ1v) is 4.70. The summed E-state index contributed by atoms with van der Waals surface area (Å²) in [5, 5.41) is 2.90. The van der Waals surface area contributed by atoms with E-state index in [1.807, 2.05) is 0 Å². The van der Waals surface area contributed by atoms with Gasteiger partial charge in [0.2, 0.25) is 9.84 Å². The highest BCUT2D eigenvalue weighted by Gasteiger charge is 2.53. The zero-order chi connectivity index (χ0) is 11.6. The summed E-state index contributed by atoms with van der Waals surface area (Å²) in [6.45, 7) is 0. The van der Waals surface area contributed by atoms with Crippen LogP contribution in [0.2, 0.25) is 0 Å². The molecular formula is C5H6F2O6S. The molecule has 0 atom stereocenters. The number of carbonyl (C=O) groups is 2. The van der Waals surface area contributed by atoms with E-state index in [4.69, 9.17) is 5.11 Å². The standard InChI is InChI=1S/C5H6F2O6S/c1-13-3(8)2-14(11,12)5(6,7)4(9)10/h2H2,1H3,(H,9,10). The van der Waals surface area contributed by atoms with Gasteiger partial charge in [0.25, 0.3) is 0 Å². The van der Waals surface area contributed by atoms with Gasteiger partial charge in [0.1, 0.15) is 0 Å². The highest BCUT2D eigenvalue weighted by Crippen LogP contribution is 2.22. The molecule has 0 aromatic carbocycles. The number of carboxylic acid groups (broad SMARTS) is 1. The predicted molar refractivity (Wildman–Crippen MR) is 38.4 cm³/mol. The lowest BCUT2D eigenvalue weighted by molar-refractivity contribution is -0.153. The second-order valence-corrected chi connectivity index (χ2v) is 4.19. The Morgan fingerprint density at radius 3 is 2.14 bits per heavy atom. The Labute approximate surface area is 77.4 Å². The van der Waals surface area contributed by atoms with E-state index in [-0.39, 0.29) is 0 Å². The summed E-state index contributed by atoms with van der Waals surface area (Å²) in [7, 11) is -4.59. The molecule has 0 aliphatic carbocycles. The first-order chi connectivity index (χ1) is 6.15. The van der Waals surface area contributed by atoms with Crippen LogP contribution in [0.3, 0.4) is 0 Å². The van der Waals surface area contributed by atoms with Gasteiger partial charge in [-0.05, 0) is 0 Å². The van der Waals surface area contributed by atoms with Gasteiger partial charge in [-0.3, -0.25) is 4.79 Å². The maximum absolute atomic E-state index is 12.4. The third-order valence-electron chi connectivity index (χ3n) is 1.18. The zero-order valence-electron chi connectivity index (χ0n) is 6.86. The van der Waals surface area contributed by atoms with Crippen LogP contribution in [0.15, 0.2) is 0 Å². The fourth-order valence-electron chi connectivity index (χ4n) is 0.438. The SMILES string of the molecule is COC(=O)CS(=O)(=O)C(F)(F)C(=O)O. The lowest BCUT2D eigenvalue weighted by atomic mass is 10.7. The summed E-state index contributed by atoms with van der Waals surface area (Å²) in [5.41, 5.74) is 0. The number of rotatable bonds is 4. The molecule has 0 aliphatic heterocycles. The van der Waals surface area contributed by atoms with E-state index in [2.05, 4.69) is 4.74 Å². The molecule has 0 unspecified atom stereocenters. The normalized spacial score (nSPS) is 12.2. The van der Waals surface area contributed by atoms with Crippen LogP contribution in [-0.4, -0.2) is 43.6 Å². The molecular weight excluding hydrogens is 226 g/mol. The van der Waals surface area contributed by atoms with Gasteiger partial charge in [-0.1, -0.05) is 0 Å². The second kappa shape index (κ2) is 3.86. The fraction of sp³-hybridized carbons (Fsp3) is 0.600. The minimum atomic E-state index is -5.38. The lowest BCUT2D eigenvalue weighted by Crippen LogP contribution is -2.41. The second-order valence-electron chi connectivity index (χ2n) is 2.16. The Balaban J connectivity index is 4.98. The third-order valence-corrected chi connectivity index (χ3v) is 2.75. The van der Waals surface area contributed by atoms with Crippen LogP contribution in [-0.2, 0) is 24.2 Å². The third kappa shape index (κ3) is 2.37. The molecule has 0 aliphatic rings. The molecule has 9 heteroatoms. The fourth-order valence-corrected chi connectivity index (χ4v) is 1.31. The van der Waals surface area contributed by atoms with Gasteiger partial charge in [0.05, 0.1) is 7.11 Å². The smallest absolute Gasteiger partial charge is 0.440 e. The van der Waals surface area contributed by atoms with Crippen molar-refractivity contribution in [2.24, 2.45) is 0 Å². The van der Waals surface area contributed by atoms with Crippen molar-refractivity contribution in [3.05, 3.63) is 0 Å². The minimum Gasteiger partial charge on any atom is -0.476 e. The summed E-state index contributed by atoms with van der Waals surface area (Å²) >= 11 is 0. The van der Waals surface area contributed by atoms with Crippen molar-refractivity contribution >= 4 is 21.8 Å². The van der Waals surface area contributed by atoms with Crippen molar-refractivity contribution in [3.63, 3.8) is 0 Å². The monoisotopic (exact) mass is 232 g/mol. The van der Waals surface area contributed by atoms with E-state index >= 15 is 0 Å². The van der Waals surface area contributed by atoms with E-state index < -0.39 is 32.8 Å². The summed E-state index contributed by atoms with van der Waals surface area (Å²) < 4.78 is 49.9. The molecule has 0 saturated carbocycles. The number of esters is 1. The summed E-state index contributed by atoms with van der Waals surface area (Å²) in [5.74, 6) is -5.96. The van der Waals surface area contributed by atoms with E-state index in [0.29, 0.717) is 0 Å². The summed E-state index contributed by atoms with van der Waals surface area (Å²) in [6.07, 6.45) is 0. The molecule has 0 bridgehead atoms. The van der Waals surface area contributed by atoms with Gasteiger partial charge < -0.3 is 9.84 Å². The van der Waals surface area contributed by atoms with Crippen molar-refractivity contribution in [2.75, 3.05) is 12.9 Å². The van der Waals surface area contributed by atoms with Crippen molar-refractivity contribution in [2.45, 2.75) is 5.25 Å². The molecule has 0 amide bonds. The number of methoxy groups -OCH3 is 1. The number of halogens is 2. The number of ether oxygens (including phenoxy) is 1. The highest BCUT2D eigenvalue weighted by molar-refractivity contribution is 7.93. The van der Waals surface area contributed by atoms with Crippen LogP contribution >= 0.6 is 0 Å². The Morgan fingerprint density at radius 1 is 1.43 bits per heavy atom. The largest absolute Gasteiger partial charge is 0.476 e. The Kier molecular flexibility index (Phi) is 3.52. The van der Waals surface area contributed by atoms with Crippen molar-refractivity contribution < 1.29 is 36.6 Å². The van der Waals surface area contributed by atoms with Gasteiger partial charge in [0.15, 0.2) is 5.75 Å². The zero-order valence-corrected chi connectivity index (χ0v) is 7.68. The number of hydrogen-bond donors (Lipinski definition) is 1. The molecule has 0 aromatic heterocycles. The van der Waals surface area contributed by atoms with E-state index in [0.717, 1.165) is 7.11 Å². The van der Waals surface area contributed by atoms with E-state index in [1.54, 1.807) is 0 Å². The van der Waals surface area contributed by atoms with Gasteiger partial charge >= 0.3 is 17.2 Å². The Morgan fingerprint density at radius 2 is 1.86 bits per heavy atom. The first kappa shape index (κ1) is 12.8. The van der Waals surface area contributed by atoms with Crippen LogP contribution in [0.1, 0.15) is 0 Å². The van der Waals surface area contributed by atoms with Crippen molar-refractivity contribution in [1.82, 2.24) is 0 Å². The average Bonchev–Trinajstić information content (AvgIpc) is 2.02. The van der Waals surface area contributed by atoms with Crippen LogP contribution in [0.25, 0.3) is 0 Å². The molecule has 0 fully saturated rings. The number of carboxylic acids is 1.